The molecule has 5 heteroatoms. The minimum Gasteiger partial charge on any atom is -0.311 e. The molecule has 0 radical (unpaired) electrons. The molecule has 0 spiro atoms. The highest BCUT2D eigenvalue weighted by atomic mass is 16.6. The van der Waals surface area contributed by atoms with E-state index in [1.165, 1.54) is 25.9 Å². The van der Waals surface area contributed by atoms with E-state index < -0.39 is 0 Å². The van der Waals surface area contributed by atoms with Gasteiger partial charge in [0.15, 0.2) is 0 Å². The normalized spacial score (nSPS) is 19.1. The lowest BCUT2D eigenvalue weighted by Crippen LogP contribution is -2.34. The maximum absolute atomic E-state index is 4.66. The smallest absolute Gasteiger partial charge is 0.121 e. The molecule has 1 aromatic heterocycles. The highest BCUT2D eigenvalue weighted by Gasteiger charge is 2.16. The fourth-order valence-corrected chi connectivity index (χ4v) is 2.07. The molecule has 0 bridgehead atoms. The number of piperidine rings is 1. The van der Waals surface area contributed by atoms with E-state index in [1.54, 1.807) is 0 Å². The Morgan fingerprint density at radius 1 is 1.38 bits per heavy atom. The first kappa shape index (κ1) is 11.5. The highest BCUT2D eigenvalue weighted by Crippen LogP contribution is 2.14. The van der Waals surface area contributed by atoms with Crippen LogP contribution in [0.25, 0.3) is 0 Å². The second-order valence-electron chi connectivity index (χ2n) is 4.67. The molecule has 1 aromatic rings. The fourth-order valence-electron chi connectivity index (χ4n) is 2.07. The van der Waals surface area contributed by atoms with Crippen LogP contribution in [0.2, 0.25) is 0 Å². The molecule has 5 nitrogen and oxygen atoms in total. The zero-order chi connectivity index (χ0) is 11.4. The lowest BCUT2D eigenvalue weighted by Gasteiger charge is -2.28. The van der Waals surface area contributed by atoms with Gasteiger partial charge in [0.25, 0.3) is 0 Å². The Hall–Kier alpha value is -0.940. The second-order valence-corrected chi connectivity index (χ2v) is 4.67. The van der Waals surface area contributed by atoms with Crippen LogP contribution in [-0.2, 0) is 6.54 Å². The summed E-state index contributed by atoms with van der Waals surface area (Å²) in [6, 6.07) is 0. The number of hydrogen-bond acceptors (Lipinski definition) is 5. The van der Waals surface area contributed by atoms with Gasteiger partial charge in [0.1, 0.15) is 11.4 Å². The molecular formula is C11H20N4O. The number of aromatic nitrogens is 2. The third-order valence-electron chi connectivity index (χ3n) is 3.31. The van der Waals surface area contributed by atoms with Crippen LogP contribution in [0.5, 0.6) is 0 Å². The van der Waals surface area contributed by atoms with Gasteiger partial charge in [-0.05, 0) is 52.4 Å². The van der Waals surface area contributed by atoms with Gasteiger partial charge in [-0.3, -0.25) is 0 Å². The molecule has 0 saturated carbocycles. The van der Waals surface area contributed by atoms with Crippen molar-refractivity contribution in [3.05, 3.63) is 11.4 Å². The SMILES string of the molecule is Cc1nonc1CNCC1CCN(C)CC1. The van der Waals surface area contributed by atoms with Crippen LogP contribution in [0.4, 0.5) is 0 Å². The molecule has 90 valence electrons. The van der Waals surface area contributed by atoms with Crippen LogP contribution in [-0.4, -0.2) is 41.9 Å². The summed E-state index contributed by atoms with van der Waals surface area (Å²) in [6.07, 6.45) is 2.58. The Morgan fingerprint density at radius 2 is 2.12 bits per heavy atom. The third-order valence-corrected chi connectivity index (χ3v) is 3.31. The summed E-state index contributed by atoms with van der Waals surface area (Å²) in [4.78, 5) is 2.39. The lowest BCUT2D eigenvalue weighted by atomic mass is 9.97. The summed E-state index contributed by atoms with van der Waals surface area (Å²) in [7, 11) is 2.19. The summed E-state index contributed by atoms with van der Waals surface area (Å²) in [6.45, 7) is 6.19. The van der Waals surface area contributed by atoms with Crippen molar-refractivity contribution in [2.24, 2.45) is 5.92 Å². The van der Waals surface area contributed by atoms with Gasteiger partial charge in [-0.25, -0.2) is 4.63 Å². The Labute approximate surface area is 96.2 Å². The van der Waals surface area contributed by atoms with Crippen LogP contribution in [0, 0.1) is 12.8 Å². The molecule has 1 aliphatic rings. The van der Waals surface area contributed by atoms with Crippen LogP contribution < -0.4 is 5.32 Å². The largest absolute Gasteiger partial charge is 0.311 e. The Balaban J connectivity index is 1.67. The first-order chi connectivity index (χ1) is 7.75. The molecule has 0 amide bonds. The van der Waals surface area contributed by atoms with Crippen LogP contribution >= 0.6 is 0 Å². The van der Waals surface area contributed by atoms with Gasteiger partial charge in [0.2, 0.25) is 0 Å². The predicted molar refractivity (Wildman–Crippen MR) is 61.0 cm³/mol. The molecule has 0 aliphatic carbocycles. The maximum atomic E-state index is 4.66. The molecule has 2 heterocycles. The Kier molecular flexibility index (Phi) is 3.90. The first-order valence-electron chi connectivity index (χ1n) is 5.93. The Morgan fingerprint density at radius 3 is 2.75 bits per heavy atom. The molecule has 2 rings (SSSR count). The molecule has 0 aromatic carbocycles. The van der Waals surface area contributed by atoms with Gasteiger partial charge in [-0.2, -0.15) is 0 Å². The van der Waals surface area contributed by atoms with E-state index in [1.807, 2.05) is 6.92 Å². The highest BCUT2D eigenvalue weighted by molar-refractivity contribution is 5.03. The average molecular weight is 224 g/mol. The van der Waals surface area contributed by atoms with Crippen LogP contribution in [0.3, 0.4) is 0 Å². The monoisotopic (exact) mass is 224 g/mol. The van der Waals surface area contributed by atoms with Crippen molar-refractivity contribution in [3.63, 3.8) is 0 Å². The van der Waals surface area contributed by atoms with Crippen molar-refractivity contribution >= 4 is 0 Å². The number of likely N-dealkylation sites (tertiary alicyclic amines) is 1. The minimum atomic E-state index is 0.766. The predicted octanol–water partition coefficient (Wildman–Crippen LogP) is 0.809. The first-order valence-corrected chi connectivity index (χ1v) is 5.93. The molecule has 1 aliphatic heterocycles. The molecule has 1 N–H and O–H groups in total. The van der Waals surface area contributed by atoms with Crippen molar-refractivity contribution in [1.82, 2.24) is 20.5 Å². The summed E-state index contributed by atoms with van der Waals surface area (Å²) in [5.41, 5.74) is 1.81. The Bertz CT molecular complexity index is 318. The topological polar surface area (TPSA) is 54.2 Å². The van der Waals surface area contributed by atoms with E-state index in [9.17, 15) is 0 Å². The van der Waals surface area contributed by atoms with Gasteiger partial charge in [0, 0.05) is 6.54 Å². The zero-order valence-corrected chi connectivity index (χ0v) is 10.1. The molecule has 16 heavy (non-hydrogen) atoms. The lowest BCUT2D eigenvalue weighted by molar-refractivity contribution is 0.215. The zero-order valence-electron chi connectivity index (χ0n) is 10.1. The maximum Gasteiger partial charge on any atom is 0.121 e. The van der Waals surface area contributed by atoms with Crippen molar-refractivity contribution < 1.29 is 4.63 Å². The molecular weight excluding hydrogens is 204 g/mol. The van der Waals surface area contributed by atoms with E-state index in [0.717, 1.165) is 30.4 Å². The number of hydrogen-bond donors (Lipinski definition) is 1. The second kappa shape index (κ2) is 5.41. The minimum absolute atomic E-state index is 0.766. The number of aryl methyl sites for hydroxylation is 1. The van der Waals surface area contributed by atoms with E-state index in [2.05, 4.69) is 32.2 Å². The summed E-state index contributed by atoms with van der Waals surface area (Å²) in [5.74, 6) is 0.802. The fraction of sp³-hybridized carbons (Fsp3) is 0.818. The van der Waals surface area contributed by atoms with E-state index in [-0.39, 0.29) is 0 Å². The van der Waals surface area contributed by atoms with Crippen LogP contribution in [0.15, 0.2) is 4.63 Å². The number of nitrogens with one attached hydrogen (secondary N) is 1. The number of nitrogens with zero attached hydrogens (tertiary/aromatic N) is 3. The third kappa shape index (κ3) is 3.02. The van der Waals surface area contributed by atoms with Crippen LogP contribution in [0.1, 0.15) is 24.2 Å². The van der Waals surface area contributed by atoms with Crippen molar-refractivity contribution in [2.75, 3.05) is 26.7 Å². The average Bonchev–Trinajstić information content (AvgIpc) is 2.68. The quantitative estimate of drug-likeness (QED) is 0.820. The molecule has 0 atom stereocenters. The molecule has 1 saturated heterocycles. The summed E-state index contributed by atoms with van der Waals surface area (Å²) < 4.78 is 4.66. The van der Waals surface area contributed by atoms with Gasteiger partial charge in [-0.15, -0.1) is 0 Å². The van der Waals surface area contributed by atoms with Gasteiger partial charge in [-0.1, -0.05) is 10.3 Å². The van der Waals surface area contributed by atoms with Crippen molar-refractivity contribution in [3.8, 4) is 0 Å². The summed E-state index contributed by atoms with van der Waals surface area (Å²) >= 11 is 0. The standard InChI is InChI=1S/C11H20N4O/c1-9-11(14-16-13-9)8-12-7-10-3-5-15(2)6-4-10/h10,12H,3-8H2,1-2H3. The molecule has 1 fully saturated rings. The van der Waals surface area contributed by atoms with E-state index >= 15 is 0 Å². The molecule has 0 unspecified atom stereocenters. The van der Waals surface area contributed by atoms with E-state index in [4.69, 9.17) is 0 Å². The van der Waals surface area contributed by atoms with E-state index in [0.29, 0.717) is 0 Å². The van der Waals surface area contributed by atoms with Gasteiger partial charge >= 0.3 is 0 Å². The van der Waals surface area contributed by atoms with Crippen molar-refractivity contribution in [2.45, 2.75) is 26.3 Å². The summed E-state index contributed by atoms with van der Waals surface area (Å²) in [5, 5.41) is 11.0. The van der Waals surface area contributed by atoms with Gasteiger partial charge in [0.05, 0.1) is 0 Å². The van der Waals surface area contributed by atoms with Crippen molar-refractivity contribution in [1.29, 1.82) is 0 Å². The number of rotatable bonds is 4. The van der Waals surface area contributed by atoms with Gasteiger partial charge < -0.3 is 10.2 Å².